The Morgan fingerprint density at radius 2 is 1.48 bits per heavy atom. The van der Waals surface area contributed by atoms with E-state index in [9.17, 15) is 4.79 Å². The summed E-state index contributed by atoms with van der Waals surface area (Å²) in [7, 11) is 0. The third-order valence-corrected chi connectivity index (χ3v) is 3.06. The van der Waals surface area contributed by atoms with Crippen LogP contribution in [0.25, 0.3) is 0 Å². The molecule has 0 unspecified atom stereocenters. The number of hydrogen-bond acceptors (Lipinski definition) is 4. The van der Waals surface area contributed by atoms with Crippen LogP contribution in [0.3, 0.4) is 0 Å². The van der Waals surface area contributed by atoms with Crippen molar-refractivity contribution in [2.24, 2.45) is 0 Å². The molecule has 0 aliphatic carbocycles. The summed E-state index contributed by atoms with van der Waals surface area (Å²) in [5, 5.41) is 7.28. The first-order valence-corrected chi connectivity index (χ1v) is 7.33. The summed E-state index contributed by atoms with van der Waals surface area (Å²) in [6, 6.07) is 19.2. The quantitative estimate of drug-likeness (QED) is 0.250. The summed E-state index contributed by atoms with van der Waals surface area (Å²) in [6.45, 7) is 0.930. The summed E-state index contributed by atoms with van der Waals surface area (Å²) < 4.78 is 0. The van der Waals surface area contributed by atoms with Crippen LogP contribution in [-0.2, 0) is 23.0 Å². The molecule has 0 spiro atoms. The van der Waals surface area contributed by atoms with E-state index in [-0.39, 0.29) is 6.02 Å². The van der Waals surface area contributed by atoms with Gasteiger partial charge in [-0.1, -0.05) is 78.3 Å². The zero-order valence-electron chi connectivity index (χ0n) is 12.3. The van der Waals surface area contributed by atoms with Crippen LogP contribution < -0.4 is 5.48 Å². The summed E-state index contributed by atoms with van der Waals surface area (Å²) in [4.78, 5) is 21.6. The Labute approximate surface area is 139 Å². The molecule has 0 bridgehead atoms. The van der Waals surface area contributed by atoms with E-state index in [2.05, 4.69) is 17.6 Å². The zero-order valence-corrected chi connectivity index (χ0v) is 13.2. The number of carbonyl (C=O) groups is 1. The molecule has 0 atom stereocenters. The lowest BCUT2D eigenvalue weighted by Crippen LogP contribution is -2.33. The first-order valence-electron chi connectivity index (χ1n) is 6.89. The van der Waals surface area contributed by atoms with Crippen LogP contribution in [0.1, 0.15) is 11.1 Å². The summed E-state index contributed by atoms with van der Waals surface area (Å²) in [6.07, 6.45) is 0. The van der Waals surface area contributed by atoms with Crippen molar-refractivity contribution in [1.82, 2.24) is 10.4 Å². The minimum Gasteiger partial charge on any atom is -0.316 e. The number of thiol groups is 1. The van der Waals surface area contributed by atoms with E-state index in [0.29, 0.717) is 13.1 Å². The summed E-state index contributed by atoms with van der Waals surface area (Å²) >= 11 is 3.47. The molecular weight excluding hydrogens is 314 g/mol. The lowest BCUT2D eigenvalue weighted by atomic mass is 10.2. The molecule has 0 saturated heterocycles. The highest BCUT2D eigenvalue weighted by atomic mass is 32.1. The SMILES string of the molecule is N=C(OONC(=O)S)N(Cc1ccccc1)Cc1ccccc1. The Kier molecular flexibility index (Phi) is 6.46. The van der Waals surface area contributed by atoms with Crippen LogP contribution in [0.4, 0.5) is 4.79 Å². The molecule has 0 aliphatic rings. The fourth-order valence-corrected chi connectivity index (χ4v) is 1.99. The average molecular weight is 331 g/mol. The summed E-state index contributed by atoms with van der Waals surface area (Å²) in [5.41, 5.74) is 3.94. The molecule has 2 aromatic carbocycles. The Morgan fingerprint density at radius 1 is 1.00 bits per heavy atom. The van der Waals surface area contributed by atoms with Crippen molar-refractivity contribution in [3.05, 3.63) is 71.8 Å². The van der Waals surface area contributed by atoms with Crippen LogP contribution in [0.5, 0.6) is 0 Å². The monoisotopic (exact) mass is 331 g/mol. The molecule has 2 N–H and O–H groups in total. The van der Waals surface area contributed by atoms with E-state index in [0.717, 1.165) is 11.1 Å². The Morgan fingerprint density at radius 3 is 1.91 bits per heavy atom. The number of hydrogen-bond donors (Lipinski definition) is 3. The van der Waals surface area contributed by atoms with Crippen molar-refractivity contribution in [2.75, 3.05) is 0 Å². The zero-order chi connectivity index (χ0) is 16.5. The average Bonchev–Trinajstić information content (AvgIpc) is 2.56. The van der Waals surface area contributed by atoms with Gasteiger partial charge in [-0.15, -0.1) is 0 Å². The van der Waals surface area contributed by atoms with E-state index in [1.165, 1.54) is 0 Å². The first-order chi connectivity index (χ1) is 11.1. The van der Waals surface area contributed by atoms with Crippen molar-refractivity contribution in [2.45, 2.75) is 13.1 Å². The molecule has 0 aliphatic heterocycles. The van der Waals surface area contributed by atoms with E-state index in [1.807, 2.05) is 66.1 Å². The van der Waals surface area contributed by atoms with Gasteiger partial charge >= 0.3 is 11.3 Å². The molecule has 0 fully saturated rings. The molecule has 0 aromatic heterocycles. The van der Waals surface area contributed by atoms with Crippen LogP contribution in [-0.4, -0.2) is 16.2 Å². The second-order valence-corrected chi connectivity index (χ2v) is 5.11. The van der Waals surface area contributed by atoms with Gasteiger partial charge in [0, 0.05) is 13.1 Å². The largest absolute Gasteiger partial charge is 0.325 e. The predicted octanol–water partition coefficient (Wildman–Crippen LogP) is 3.13. The molecule has 120 valence electrons. The molecule has 0 radical (unpaired) electrons. The Balaban J connectivity index is 2.04. The van der Waals surface area contributed by atoms with E-state index < -0.39 is 5.24 Å². The molecule has 6 nitrogen and oxygen atoms in total. The molecule has 2 aromatic rings. The van der Waals surface area contributed by atoms with Gasteiger partial charge in [0.25, 0.3) is 0 Å². The van der Waals surface area contributed by atoms with Gasteiger partial charge in [-0.3, -0.25) is 9.68 Å². The second-order valence-electron chi connectivity index (χ2n) is 4.71. The number of nitrogens with zero attached hydrogens (tertiary/aromatic N) is 1. The Bertz CT molecular complexity index is 596. The molecule has 1 amide bonds. The van der Waals surface area contributed by atoms with Crippen molar-refractivity contribution < 1.29 is 14.7 Å². The third-order valence-electron chi connectivity index (χ3n) is 2.97. The van der Waals surface area contributed by atoms with Crippen molar-refractivity contribution in [3.63, 3.8) is 0 Å². The van der Waals surface area contributed by atoms with E-state index in [1.54, 1.807) is 4.90 Å². The van der Waals surface area contributed by atoms with Crippen LogP contribution in [0.2, 0.25) is 0 Å². The molecule has 23 heavy (non-hydrogen) atoms. The third kappa shape index (κ3) is 6.01. The maximum atomic E-state index is 10.6. The van der Waals surface area contributed by atoms with Gasteiger partial charge in [-0.2, -0.15) is 5.48 Å². The number of nitrogens with one attached hydrogen (secondary N) is 2. The molecule has 0 heterocycles. The number of rotatable bonds is 6. The number of amides is 1. The van der Waals surface area contributed by atoms with Crippen molar-refractivity contribution in [3.8, 4) is 0 Å². The molecule has 2 rings (SSSR count). The lowest BCUT2D eigenvalue weighted by Gasteiger charge is -2.23. The maximum absolute atomic E-state index is 10.6. The van der Waals surface area contributed by atoms with Gasteiger partial charge in [0.2, 0.25) is 0 Å². The smallest absolute Gasteiger partial charge is 0.316 e. The predicted molar refractivity (Wildman–Crippen MR) is 89.5 cm³/mol. The minimum absolute atomic E-state index is 0.222. The van der Waals surface area contributed by atoms with Gasteiger partial charge in [0.15, 0.2) is 0 Å². The highest BCUT2D eigenvalue weighted by Gasteiger charge is 2.14. The van der Waals surface area contributed by atoms with Gasteiger partial charge in [-0.05, 0) is 11.1 Å². The highest BCUT2D eigenvalue weighted by Crippen LogP contribution is 2.11. The van der Waals surface area contributed by atoms with Gasteiger partial charge in [0.1, 0.15) is 0 Å². The second kappa shape index (κ2) is 8.82. The van der Waals surface area contributed by atoms with Crippen molar-refractivity contribution in [1.29, 1.82) is 5.41 Å². The van der Waals surface area contributed by atoms with Crippen LogP contribution in [0.15, 0.2) is 60.7 Å². The molecule has 7 heteroatoms. The lowest BCUT2D eigenvalue weighted by molar-refractivity contribution is -0.264. The van der Waals surface area contributed by atoms with Crippen LogP contribution in [0, 0.1) is 5.41 Å². The van der Waals surface area contributed by atoms with Crippen molar-refractivity contribution >= 4 is 23.9 Å². The minimum atomic E-state index is -0.713. The van der Waals surface area contributed by atoms with E-state index in [4.69, 9.17) is 10.3 Å². The van der Waals surface area contributed by atoms with Gasteiger partial charge < -0.3 is 4.90 Å². The number of amidine groups is 1. The number of hydroxylamine groups is 1. The molecule has 0 saturated carbocycles. The van der Waals surface area contributed by atoms with Gasteiger partial charge in [0.05, 0.1) is 0 Å². The maximum Gasteiger partial charge on any atom is 0.325 e. The van der Waals surface area contributed by atoms with Gasteiger partial charge in [-0.25, -0.2) is 5.41 Å². The topological polar surface area (TPSA) is 74.6 Å². The normalized spacial score (nSPS) is 9.96. The first kappa shape index (κ1) is 16.9. The standard InChI is InChI=1S/C16H17N3O3S/c17-15(21-22-18-16(20)23)19(11-13-7-3-1-4-8-13)12-14-9-5-2-6-10-14/h1-10,17H,11-12H2,(H2,18,20,23). The fourth-order valence-electron chi connectivity index (χ4n) is 1.96. The van der Waals surface area contributed by atoms with E-state index >= 15 is 0 Å². The van der Waals surface area contributed by atoms with Crippen LogP contribution >= 0.6 is 12.6 Å². The summed E-state index contributed by atoms with van der Waals surface area (Å²) in [5.74, 6) is 0. The fraction of sp³-hybridized carbons (Fsp3) is 0.125. The Hall–Kier alpha value is -2.51. The number of benzene rings is 2. The molecular formula is C16H17N3O3S. The highest BCUT2D eigenvalue weighted by molar-refractivity contribution is 7.96. The number of carbonyl (C=O) groups excluding carboxylic acids is 1.